The molecule has 2 rings (SSSR count). The quantitative estimate of drug-likeness (QED) is 0.906. The minimum absolute atomic E-state index is 0.443. The maximum absolute atomic E-state index is 9.78. The van der Waals surface area contributed by atoms with Gasteiger partial charge in [0.05, 0.1) is 23.7 Å². The van der Waals surface area contributed by atoms with Crippen LogP contribution in [0.2, 0.25) is 0 Å². The van der Waals surface area contributed by atoms with E-state index in [0.29, 0.717) is 12.5 Å². The highest BCUT2D eigenvalue weighted by Crippen LogP contribution is 2.21. The van der Waals surface area contributed by atoms with Crippen LogP contribution in [0, 0.1) is 0 Å². The molecule has 0 aromatic carbocycles. The maximum Gasteiger partial charge on any atom is 0.0957 e. The zero-order chi connectivity index (χ0) is 13.8. The lowest BCUT2D eigenvalue weighted by Crippen LogP contribution is -2.38. The van der Waals surface area contributed by atoms with E-state index in [2.05, 4.69) is 34.8 Å². The fraction of sp³-hybridized carbons (Fsp3) is 0.667. The predicted octanol–water partition coefficient (Wildman–Crippen LogP) is 2.06. The molecule has 1 saturated heterocycles. The van der Waals surface area contributed by atoms with Gasteiger partial charge < -0.3 is 14.9 Å². The van der Waals surface area contributed by atoms with Crippen LogP contribution in [0.25, 0.3) is 0 Å². The molecule has 0 spiro atoms. The van der Waals surface area contributed by atoms with Crippen LogP contribution in [0.5, 0.6) is 0 Å². The molecule has 1 aliphatic rings. The van der Waals surface area contributed by atoms with Crippen molar-refractivity contribution >= 4 is 5.69 Å². The summed E-state index contributed by atoms with van der Waals surface area (Å²) in [6, 6.07) is 4.53. The van der Waals surface area contributed by atoms with Crippen LogP contribution < -0.4 is 4.90 Å². The average Bonchev–Trinajstić information content (AvgIpc) is 2.58. The molecular formula is C15H25N3O. The van der Waals surface area contributed by atoms with Gasteiger partial charge in [0.15, 0.2) is 0 Å². The lowest BCUT2D eigenvalue weighted by atomic mass is 10.1. The van der Waals surface area contributed by atoms with E-state index in [4.69, 9.17) is 0 Å². The highest BCUT2D eigenvalue weighted by Gasteiger charge is 2.20. The number of likely N-dealkylation sites (N-methyl/N-ethyl adjacent to an activating group) is 1. The molecule has 1 fully saturated rings. The van der Waals surface area contributed by atoms with Crippen LogP contribution >= 0.6 is 0 Å². The molecule has 1 aromatic heterocycles. The van der Waals surface area contributed by atoms with Crippen molar-refractivity contribution in [3.05, 3.63) is 24.0 Å². The van der Waals surface area contributed by atoms with Crippen LogP contribution in [0.4, 0.5) is 5.69 Å². The van der Waals surface area contributed by atoms with Gasteiger partial charge in [0.25, 0.3) is 0 Å². The fourth-order valence-corrected chi connectivity index (χ4v) is 2.73. The summed E-state index contributed by atoms with van der Waals surface area (Å²) in [5.74, 6) is 0. The van der Waals surface area contributed by atoms with Gasteiger partial charge in [-0.15, -0.1) is 0 Å². The number of aromatic nitrogens is 1. The van der Waals surface area contributed by atoms with E-state index in [1.807, 2.05) is 19.2 Å². The first kappa shape index (κ1) is 14.3. The van der Waals surface area contributed by atoms with Crippen molar-refractivity contribution in [1.82, 2.24) is 9.88 Å². The summed E-state index contributed by atoms with van der Waals surface area (Å²) >= 11 is 0. The Morgan fingerprint density at radius 3 is 2.84 bits per heavy atom. The van der Waals surface area contributed by atoms with Gasteiger partial charge in [-0.1, -0.05) is 6.92 Å². The minimum atomic E-state index is -0.443. The van der Waals surface area contributed by atoms with E-state index >= 15 is 0 Å². The zero-order valence-electron chi connectivity index (χ0n) is 12.2. The molecule has 2 atom stereocenters. The molecule has 106 valence electrons. The van der Waals surface area contributed by atoms with Gasteiger partial charge in [0.1, 0.15) is 0 Å². The lowest BCUT2D eigenvalue weighted by Gasteiger charge is -2.30. The van der Waals surface area contributed by atoms with Crippen LogP contribution in [-0.4, -0.2) is 47.7 Å². The Bertz CT molecular complexity index is 393. The molecule has 0 saturated carbocycles. The summed E-state index contributed by atoms with van der Waals surface area (Å²) < 4.78 is 0. The number of hydrogen-bond donors (Lipinski definition) is 1. The fourth-order valence-electron chi connectivity index (χ4n) is 2.73. The van der Waals surface area contributed by atoms with Crippen molar-refractivity contribution in [2.24, 2.45) is 0 Å². The molecule has 1 aliphatic heterocycles. The van der Waals surface area contributed by atoms with Gasteiger partial charge in [0, 0.05) is 19.1 Å². The molecule has 1 N–H and O–H groups in total. The monoisotopic (exact) mass is 263 g/mol. The number of pyridine rings is 1. The lowest BCUT2D eigenvalue weighted by molar-refractivity contribution is 0.169. The Balaban J connectivity index is 2.12. The van der Waals surface area contributed by atoms with Gasteiger partial charge in [-0.25, -0.2) is 0 Å². The molecule has 0 radical (unpaired) electrons. The first-order chi connectivity index (χ1) is 9.11. The summed E-state index contributed by atoms with van der Waals surface area (Å²) in [6.07, 6.45) is 3.34. The SMILES string of the molecule is CC[C@H](O)c1ccc(N2CCCN(C)CC2C)cn1. The largest absolute Gasteiger partial charge is 0.387 e. The molecule has 0 amide bonds. The van der Waals surface area contributed by atoms with Gasteiger partial charge in [-0.05, 0) is 45.5 Å². The second kappa shape index (κ2) is 6.35. The van der Waals surface area contributed by atoms with E-state index in [1.165, 1.54) is 6.42 Å². The minimum Gasteiger partial charge on any atom is -0.387 e. The van der Waals surface area contributed by atoms with E-state index in [-0.39, 0.29) is 0 Å². The normalized spacial score (nSPS) is 23.2. The Kier molecular flexibility index (Phi) is 4.77. The van der Waals surface area contributed by atoms with Crippen molar-refractivity contribution in [3.8, 4) is 0 Å². The number of aliphatic hydroxyl groups excluding tert-OH is 1. The van der Waals surface area contributed by atoms with Crippen LogP contribution in [0.15, 0.2) is 18.3 Å². The maximum atomic E-state index is 9.78. The summed E-state index contributed by atoms with van der Waals surface area (Å²) in [7, 11) is 2.18. The highest BCUT2D eigenvalue weighted by atomic mass is 16.3. The topological polar surface area (TPSA) is 39.6 Å². The Morgan fingerprint density at radius 2 is 2.21 bits per heavy atom. The smallest absolute Gasteiger partial charge is 0.0957 e. The third-order valence-electron chi connectivity index (χ3n) is 3.88. The standard InChI is InChI=1S/C15H25N3O/c1-4-15(19)14-7-6-13(10-16-14)18-9-5-8-17(3)11-12(18)2/h6-7,10,12,15,19H,4-5,8-9,11H2,1-3H3/t12?,15-/m0/s1. The second-order valence-corrected chi connectivity index (χ2v) is 5.52. The summed E-state index contributed by atoms with van der Waals surface area (Å²) in [5, 5.41) is 9.78. The first-order valence-electron chi connectivity index (χ1n) is 7.21. The zero-order valence-corrected chi connectivity index (χ0v) is 12.2. The van der Waals surface area contributed by atoms with Crippen molar-refractivity contribution in [1.29, 1.82) is 0 Å². The molecular weight excluding hydrogens is 238 g/mol. The molecule has 4 nitrogen and oxygen atoms in total. The van der Waals surface area contributed by atoms with Crippen molar-refractivity contribution in [2.75, 3.05) is 31.6 Å². The van der Waals surface area contributed by atoms with Gasteiger partial charge in [0.2, 0.25) is 0 Å². The van der Waals surface area contributed by atoms with E-state index in [9.17, 15) is 5.11 Å². The van der Waals surface area contributed by atoms with Gasteiger partial charge in [-0.3, -0.25) is 4.98 Å². The summed E-state index contributed by atoms with van der Waals surface area (Å²) in [4.78, 5) is 9.20. The highest BCUT2D eigenvalue weighted by molar-refractivity contribution is 5.46. The Morgan fingerprint density at radius 1 is 1.42 bits per heavy atom. The molecule has 0 aliphatic carbocycles. The molecule has 0 bridgehead atoms. The van der Waals surface area contributed by atoms with E-state index in [0.717, 1.165) is 31.0 Å². The molecule has 1 unspecified atom stereocenters. The van der Waals surface area contributed by atoms with Gasteiger partial charge in [-0.2, -0.15) is 0 Å². The summed E-state index contributed by atoms with van der Waals surface area (Å²) in [5.41, 5.74) is 1.93. The predicted molar refractivity (Wildman–Crippen MR) is 78.4 cm³/mol. The molecule has 1 aromatic rings. The Labute approximate surface area is 116 Å². The summed E-state index contributed by atoms with van der Waals surface area (Å²) in [6.45, 7) is 7.53. The second-order valence-electron chi connectivity index (χ2n) is 5.52. The number of anilines is 1. The van der Waals surface area contributed by atoms with Crippen molar-refractivity contribution in [3.63, 3.8) is 0 Å². The third kappa shape index (κ3) is 3.45. The number of aliphatic hydroxyl groups is 1. The number of nitrogens with zero attached hydrogens (tertiary/aromatic N) is 3. The molecule has 2 heterocycles. The van der Waals surface area contributed by atoms with E-state index in [1.54, 1.807) is 0 Å². The Hall–Kier alpha value is -1.13. The number of hydrogen-bond acceptors (Lipinski definition) is 4. The first-order valence-corrected chi connectivity index (χ1v) is 7.21. The molecule has 19 heavy (non-hydrogen) atoms. The van der Waals surface area contributed by atoms with Crippen LogP contribution in [0.3, 0.4) is 0 Å². The molecule has 4 heteroatoms. The van der Waals surface area contributed by atoms with Crippen molar-refractivity contribution in [2.45, 2.75) is 38.8 Å². The van der Waals surface area contributed by atoms with Crippen molar-refractivity contribution < 1.29 is 5.11 Å². The van der Waals surface area contributed by atoms with Gasteiger partial charge >= 0.3 is 0 Å². The average molecular weight is 263 g/mol. The third-order valence-corrected chi connectivity index (χ3v) is 3.88. The number of rotatable bonds is 3. The van der Waals surface area contributed by atoms with Crippen LogP contribution in [0.1, 0.15) is 38.5 Å². The van der Waals surface area contributed by atoms with Crippen LogP contribution in [-0.2, 0) is 0 Å². The van der Waals surface area contributed by atoms with E-state index < -0.39 is 6.10 Å².